The van der Waals surface area contributed by atoms with E-state index in [4.69, 9.17) is 30.8 Å². The monoisotopic (exact) mass is 726 g/mol. The minimum absolute atomic E-state index is 0. The Hall–Kier alpha value is 0.972. The molecule has 0 aliphatic carbocycles. The summed E-state index contributed by atoms with van der Waals surface area (Å²) in [4.78, 5) is 0. The largest absolute Gasteiger partial charge is 1.00 e. The fourth-order valence-corrected chi connectivity index (χ4v) is 21.2. The molecule has 3 aliphatic heterocycles. The summed E-state index contributed by atoms with van der Waals surface area (Å²) < 4.78 is 0. The molecule has 0 spiro atoms. The van der Waals surface area contributed by atoms with Gasteiger partial charge in [0.1, 0.15) is 0 Å². The first-order valence-corrected chi connectivity index (χ1v) is 23.1. The summed E-state index contributed by atoms with van der Waals surface area (Å²) in [6, 6.07) is 17.3. The van der Waals surface area contributed by atoms with E-state index in [0.717, 1.165) is 28.9 Å². The first kappa shape index (κ1) is 44.1. The summed E-state index contributed by atoms with van der Waals surface area (Å²) in [5.41, 5.74) is 5.55. The third-order valence-electron chi connectivity index (χ3n) is 13.8. The maximum atomic E-state index is 6.13. The van der Waals surface area contributed by atoms with E-state index < -0.39 is 7.80 Å². The van der Waals surface area contributed by atoms with Crippen molar-refractivity contribution in [3.8, 4) is 0 Å². The number of alkyl halides is 2. The van der Waals surface area contributed by atoms with Gasteiger partial charge in [-0.25, -0.2) is 0 Å². The van der Waals surface area contributed by atoms with E-state index in [1.165, 1.54) is 12.3 Å². The Kier molecular flexibility index (Phi) is 14.9. The Morgan fingerprint density at radius 1 is 0.532 bits per heavy atom. The van der Waals surface area contributed by atoms with Gasteiger partial charge in [0, 0.05) is 17.7 Å². The summed E-state index contributed by atoms with van der Waals surface area (Å²) >= 11 is 11.3. The second kappa shape index (κ2) is 15.9. The third kappa shape index (κ3) is 8.30. The summed E-state index contributed by atoms with van der Waals surface area (Å²) in [5, 5.41) is 2.96. The zero-order valence-electron chi connectivity index (χ0n) is 32.9. The van der Waals surface area contributed by atoms with Gasteiger partial charge in [0.2, 0.25) is 0 Å². The van der Waals surface area contributed by atoms with Crippen molar-refractivity contribution >= 4 is 54.4 Å². The number of hydrogen-bond donors (Lipinski definition) is 0. The van der Waals surface area contributed by atoms with Gasteiger partial charge in [-0.1, -0.05) is 141 Å². The van der Waals surface area contributed by atoms with Crippen LogP contribution in [0.5, 0.6) is 0 Å². The van der Waals surface area contributed by atoms with Crippen molar-refractivity contribution in [3.63, 3.8) is 0 Å². The predicted octanol–water partition coefficient (Wildman–Crippen LogP) is 10.7. The van der Waals surface area contributed by atoms with E-state index in [1.807, 2.05) is 24.3 Å². The minimum atomic E-state index is -0.594. The molecule has 2 aromatic carbocycles. The second-order valence-electron chi connectivity index (χ2n) is 17.6. The third-order valence-corrected chi connectivity index (χ3v) is 26.4. The van der Waals surface area contributed by atoms with E-state index in [2.05, 4.69) is 128 Å². The Morgan fingerprint density at radius 2 is 0.787 bits per heavy atom. The molecular weight excluding hydrogens is 662 g/mol. The van der Waals surface area contributed by atoms with Gasteiger partial charge in [-0.05, 0) is 103 Å². The van der Waals surface area contributed by atoms with Crippen LogP contribution in [-0.4, -0.2) is 38.5 Å². The zero-order chi connectivity index (χ0) is 35.3. The SMILES string of the molecule is CC1C(C)(C)P(Cc2ccccc2CP2C(C)(C)C(C)C2(C)C)C1(C)C.ClCc1ccccc1CCl.[B][PH+]1C(C)(C)C(C)C1(C)C.[Li+]. The Morgan fingerprint density at radius 3 is 1.00 bits per heavy atom. The molecule has 0 atom stereocenters. The maximum absolute atomic E-state index is 6.13. The smallest absolute Gasteiger partial charge is 0.122 e. The van der Waals surface area contributed by atoms with Crippen LogP contribution in [0.15, 0.2) is 48.5 Å². The van der Waals surface area contributed by atoms with Gasteiger partial charge in [-0.2, -0.15) is 0 Å². The second-order valence-corrected chi connectivity index (χ2v) is 28.5. The summed E-state index contributed by atoms with van der Waals surface area (Å²) in [7, 11) is 5.58. The van der Waals surface area contributed by atoms with Crippen molar-refractivity contribution in [2.24, 2.45) is 17.8 Å². The van der Waals surface area contributed by atoms with Crippen LogP contribution >= 0.6 is 46.8 Å². The molecule has 0 saturated carbocycles. The van der Waals surface area contributed by atoms with Gasteiger partial charge in [-0.15, -0.1) is 23.2 Å². The van der Waals surface area contributed by atoms with E-state index in [9.17, 15) is 0 Å². The van der Waals surface area contributed by atoms with Crippen LogP contribution in [0.4, 0.5) is 0 Å². The molecular formula is C40H65BCl2LiP3+2. The Labute approximate surface area is 318 Å². The van der Waals surface area contributed by atoms with Crippen LogP contribution in [0.2, 0.25) is 0 Å². The topological polar surface area (TPSA) is 0 Å². The van der Waals surface area contributed by atoms with Crippen molar-refractivity contribution in [2.75, 3.05) is 0 Å². The van der Waals surface area contributed by atoms with E-state index in [0.29, 0.717) is 42.7 Å². The van der Waals surface area contributed by atoms with Crippen LogP contribution in [0.3, 0.4) is 0 Å². The molecule has 3 heterocycles. The van der Waals surface area contributed by atoms with Crippen LogP contribution in [0, 0.1) is 17.8 Å². The quantitative estimate of drug-likeness (QED) is 0.158. The molecule has 2 aromatic rings. The number of rotatable bonds is 6. The van der Waals surface area contributed by atoms with Gasteiger partial charge < -0.3 is 0 Å². The van der Waals surface area contributed by atoms with E-state index in [1.54, 1.807) is 11.1 Å². The molecule has 3 fully saturated rings. The van der Waals surface area contributed by atoms with Gasteiger partial charge in [0.15, 0.2) is 0 Å². The fraction of sp³-hybridized carbons (Fsp3) is 0.700. The number of hydrogen-bond acceptors (Lipinski definition) is 0. The molecule has 2 radical (unpaired) electrons. The van der Waals surface area contributed by atoms with E-state index in [-0.39, 0.29) is 34.7 Å². The molecule has 0 bridgehead atoms. The van der Waals surface area contributed by atoms with Crippen LogP contribution in [0.25, 0.3) is 0 Å². The predicted molar refractivity (Wildman–Crippen MR) is 219 cm³/mol. The Balaban J connectivity index is 0.000000300. The zero-order valence-corrected chi connectivity index (χ0v) is 37.2. The van der Waals surface area contributed by atoms with Crippen molar-refractivity contribution in [3.05, 3.63) is 70.8 Å². The minimum Gasteiger partial charge on any atom is -0.122 e. The van der Waals surface area contributed by atoms with Crippen LogP contribution in [-0.2, 0) is 24.1 Å². The molecule has 5 rings (SSSR count). The number of halogens is 2. The molecule has 7 heteroatoms. The van der Waals surface area contributed by atoms with Crippen molar-refractivity contribution in [1.29, 1.82) is 0 Å². The molecule has 3 aliphatic rings. The molecule has 0 unspecified atom stereocenters. The first-order valence-electron chi connectivity index (χ1n) is 17.4. The Bertz CT molecular complexity index is 1190. The van der Waals surface area contributed by atoms with Crippen molar-refractivity contribution in [2.45, 2.75) is 159 Å². The molecule has 0 aromatic heterocycles. The molecule has 0 amide bonds. The molecule has 0 nitrogen and oxygen atoms in total. The first-order chi connectivity index (χ1) is 20.9. The van der Waals surface area contributed by atoms with Crippen molar-refractivity contribution in [1.82, 2.24) is 0 Å². The van der Waals surface area contributed by atoms with Gasteiger partial charge in [0.25, 0.3) is 0 Å². The average molecular weight is 728 g/mol. The van der Waals surface area contributed by atoms with Gasteiger partial charge in [-0.3, -0.25) is 0 Å². The van der Waals surface area contributed by atoms with Crippen LogP contribution < -0.4 is 18.9 Å². The summed E-state index contributed by atoms with van der Waals surface area (Å²) in [6.07, 6.45) is 2.63. The summed E-state index contributed by atoms with van der Waals surface area (Å²) in [5.74, 6) is 3.52. The summed E-state index contributed by atoms with van der Waals surface area (Å²) in [6.45, 7) is 36.6. The van der Waals surface area contributed by atoms with Gasteiger partial charge in [0.05, 0.1) is 10.3 Å². The maximum Gasteiger partial charge on any atom is 1.00 e. The average Bonchev–Trinajstić information content (AvgIpc) is 3.01. The molecule has 256 valence electrons. The number of benzene rings is 2. The van der Waals surface area contributed by atoms with E-state index >= 15 is 0 Å². The van der Waals surface area contributed by atoms with Crippen molar-refractivity contribution < 1.29 is 18.9 Å². The van der Waals surface area contributed by atoms with Gasteiger partial charge >= 0.3 is 26.4 Å². The van der Waals surface area contributed by atoms with Crippen LogP contribution in [0.1, 0.15) is 126 Å². The molecule has 47 heavy (non-hydrogen) atoms. The fourth-order valence-electron chi connectivity index (χ4n) is 8.98. The molecule has 3 saturated heterocycles. The molecule has 0 N–H and O–H groups in total. The standard InChI is InChI=1S/C24H40P2.C8H17BP.C8H8Cl2.Li/c1-17-21(3,4)25(22(17,5)6)15-19-13-11-12-14-20(19)16-26-23(7,8)18(2)24(26,9)10;1-6-7(2,3)10(9)8(6,4)5;9-5-7-3-1-2-4-8(7)6-10;/h11-14,17-18H,15-16H2,1-10H3;6,10H,1-5H3;1-4H,5-6H2;/q;+1;;+1. The normalized spacial score (nSPS) is 31.1.